The molecule has 0 bridgehead atoms. The number of amides is 1. The molecule has 1 aromatic heterocycles. The fourth-order valence-electron chi connectivity index (χ4n) is 2.87. The van der Waals surface area contributed by atoms with E-state index in [2.05, 4.69) is 16.4 Å². The van der Waals surface area contributed by atoms with E-state index in [0.717, 1.165) is 12.8 Å². The van der Waals surface area contributed by atoms with E-state index in [4.69, 9.17) is 9.47 Å². The lowest BCUT2D eigenvalue weighted by Crippen LogP contribution is -2.48. The SMILES string of the molecule is CCOC(=O)c1[nH]c(C)c(C(=O)OCC(=O)N[C@](C)(C#N)C2CC2)c1C. The maximum absolute atomic E-state index is 12.3. The van der Waals surface area contributed by atoms with Gasteiger partial charge >= 0.3 is 11.9 Å². The van der Waals surface area contributed by atoms with Gasteiger partial charge in [-0.3, -0.25) is 4.79 Å². The summed E-state index contributed by atoms with van der Waals surface area (Å²) in [7, 11) is 0. The highest BCUT2D eigenvalue weighted by molar-refractivity contribution is 5.99. The van der Waals surface area contributed by atoms with Gasteiger partial charge in [0.15, 0.2) is 6.61 Å². The molecule has 1 fully saturated rings. The van der Waals surface area contributed by atoms with Crippen LogP contribution in [-0.4, -0.2) is 41.6 Å². The Labute approximate surface area is 151 Å². The van der Waals surface area contributed by atoms with Crippen LogP contribution in [0.15, 0.2) is 0 Å². The minimum Gasteiger partial charge on any atom is -0.461 e. The second-order valence-corrected chi connectivity index (χ2v) is 6.56. The van der Waals surface area contributed by atoms with Crippen LogP contribution in [0.5, 0.6) is 0 Å². The molecule has 1 heterocycles. The predicted molar refractivity (Wildman–Crippen MR) is 91.4 cm³/mol. The predicted octanol–water partition coefficient (Wildman–Crippen LogP) is 1.77. The topological polar surface area (TPSA) is 121 Å². The first-order chi connectivity index (χ1) is 12.2. The Morgan fingerprint density at radius 1 is 1.27 bits per heavy atom. The standard InChI is InChI=1S/C18H23N3O5/c1-5-25-17(24)15-10(2)14(11(3)20-15)16(23)26-8-13(22)21-18(4,9-19)12-6-7-12/h12,20H,5-8H2,1-4H3,(H,21,22)/t18-/m1/s1. The number of hydrogen-bond donors (Lipinski definition) is 2. The van der Waals surface area contributed by atoms with Gasteiger partial charge in [0.25, 0.3) is 5.91 Å². The minimum atomic E-state index is -0.944. The molecule has 1 amide bonds. The smallest absolute Gasteiger partial charge is 0.355 e. The molecule has 1 saturated carbocycles. The number of aromatic amines is 1. The molecule has 1 aliphatic carbocycles. The molecule has 2 rings (SSSR count). The number of H-pyrrole nitrogens is 1. The summed E-state index contributed by atoms with van der Waals surface area (Å²) in [5.74, 6) is -1.68. The maximum Gasteiger partial charge on any atom is 0.355 e. The average Bonchev–Trinajstić information content (AvgIpc) is 3.39. The second-order valence-electron chi connectivity index (χ2n) is 6.56. The molecule has 0 saturated heterocycles. The summed E-state index contributed by atoms with van der Waals surface area (Å²) >= 11 is 0. The zero-order valence-corrected chi connectivity index (χ0v) is 15.4. The lowest BCUT2D eigenvalue weighted by molar-refractivity contribution is -0.125. The van der Waals surface area contributed by atoms with Crippen molar-refractivity contribution >= 4 is 17.8 Å². The molecule has 0 radical (unpaired) electrons. The van der Waals surface area contributed by atoms with Crippen LogP contribution in [0.2, 0.25) is 0 Å². The number of ether oxygens (including phenoxy) is 2. The zero-order chi connectivity index (χ0) is 19.5. The van der Waals surface area contributed by atoms with Crippen LogP contribution in [0.25, 0.3) is 0 Å². The van der Waals surface area contributed by atoms with Crippen molar-refractivity contribution in [1.29, 1.82) is 5.26 Å². The first-order valence-corrected chi connectivity index (χ1v) is 8.49. The summed E-state index contributed by atoms with van der Waals surface area (Å²) in [5, 5.41) is 11.9. The number of hydrogen-bond acceptors (Lipinski definition) is 6. The van der Waals surface area contributed by atoms with Gasteiger partial charge in [0.05, 0.1) is 18.2 Å². The Kier molecular flexibility index (Phi) is 5.70. The molecule has 1 atom stereocenters. The monoisotopic (exact) mass is 361 g/mol. The fraction of sp³-hybridized carbons (Fsp3) is 0.556. The van der Waals surface area contributed by atoms with Gasteiger partial charge < -0.3 is 19.8 Å². The third kappa shape index (κ3) is 4.04. The molecular weight excluding hydrogens is 338 g/mol. The molecule has 0 spiro atoms. The van der Waals surface area contributed by atoms with E-state index in [1.807, 2.05) is 0 Å². The molecule has 140 valence electrons. The molecule has 0 unspecified atom stereocenters. The first kappa shape index (κ1) is 19.5. The van der Waals surface area contributed by atoms with Crippen molar-refractivity contribution in [2.45, 2.75) is 46.1 Å². The van der Waals surface area contributed by atoms with Crippen LogP contribution in [0.1, 0.15) is 58.8 Å². The number of aromatic nitrogens is 1. The highest BCUT2D eigenvalue weighted by atomic mass is 16.5. The normalized spacial score (nSPS) is 15.5. The van der Waals surface area contributed by atoms with Crippen molar-refractivity contribution in [3.8, 4) is 6.07 Å². The molecule has 1 aliphatic rings. The van der Waals surface area contributed by atoms with E-state index in [1.54, 1.807) is 27.7 Å². The van der Waals surface area contributed by atoms with Crippen LogP contribution < -0.4 is 5.32 Å². The Morgan fingerprint density at radius 2 is 1.92 bits per heavy atom. The second kappa shape index (κ2) is 7.60. The summed E-state index contributed by atoms with van der Waals surface area (Å²) in [4.78, 5) is 39.1. The summed E-state index contributed by atoms with van der Waals surface area (Å²) in [6.07, 6.45) is 1.78. The van der Waals surface area contributed by atoms with Crippen LogP contribution in [-0.2, 0) is 14.3 Å². The van der Waals surface area contributed by atoms with Crippen molar-refractivity contribution < 1.29 is 23.9 Å². The van der Waals surface area contributed by atoms with Gasteiger partial charge in [-0.15, -0.1) is 0 Å². The zero-order valence-electron chi connectivity index (χ0n) is 15.4. The van der Waals surface area contributed by atoms with Crippen molar-refractivity contribution in [1.82, 2.24) is 10.3 Å². The van der Waals surface area contributed by atoms with E-state index in [1.165, 1.54) is 0 Å². The van der Waals surface area contributed by atoms with Crippen LogP contribution in [0.4, 0.5) is 0 Å². The van der Waals surface area contributed by atoms with E-state index >= 15 is 0 Å². The van der Waals surface area contributed by atoms with Crippen LogP contribution >= 0.6 is 0 Å². The Morgan fingerprint density at radius 3 is 2.46 bits per heavy atom. The van der Waals surface area contributed by atoms with E-state index in [9.17, 15) is 19.6 Å². The van der Waals surface area contributed by atoms with Crippen LogP contribution in [0.3, 0.4) is 0 Å². The lowest BCUT2D eigenvalue weighted by Gasteiger charge is -2.22. The molecule has 8 heteroatoms. The van der Waals surface area contributed by atoms with Crippen LogP contribution in [0, 0.1) is 31.1 Å². The molecule has 1 aromatic rings. The quantitative estimate of drug-likeness (QED) is 0.714. The van der Waals surface area contributed by atoms with Crippen molar-refractivity contribution in [2.75, 3.05) is 13.2 Å². The number of aryl methyl sites for hydroxylation is 1. The van der Waals surface area contributed by atoms with Gasteiger partial charge in [0.2, 0.25) is 0 Å². The number of rotatable bonds is 7. The number of nitrogens with zero attached hydrogens (tertiary/aromatic N) is 1. The number of nitriles is 1. The minimum absolute atomic E-state index is 0.133. The molecule has 0 aromatic carbocycles. The van der Waals surface area contributed by atoms with Crippen molar-refractivity contribution in [2.24, 2.45) is 5.92 Å². The number of esters is 2. The summed E-state index contributed by atoms with van der Waals surface area (Å²) < 4.78 is 10.00. The van der Waals surface area contributed by atoms with Gasteiger partial charge in [-0.25, -0.2) is 9.59 Å². The largest absolute Gasteiger partial charge is 0.461 e. The maximum atomic E-state index is 12.3. The third-order valence-electron chi connectivity index (χ3n) is 4.48. The van der Waals surface area contributed by atoms with E-state index in [0.29, 0.717) is 11.3 Å². The molecule has 26 heavy (non-hydrogen) atoms. The van der Waals surface area contributed by atoms with Crippen molar-refractivity contribution in [3.63, 3.8) is 0 Å². The highest BCUT2D eigenvalue weighted by Crippen LogP contribution is 2.39. The summed E-state index contributed by atoms with van der Waals surface area (Å²) in [6.45, 7) is 6.30. The number of carbonyl (C=O) groups excluding carboxylic acids is 3. The van der Waals surface area contributed by atoms with Crippen molar-refractivity contribution in [3.05, 3.63) is 22.5 Å². The van der Waals surface area contributed by atoms with E-state index < -0.39 is 30.0 Å². The lowest BCUT2D eigenvalue weighted by atomic mass is 9.98. The first-order valence-electron chi connectivity index (χ1n) is 8.49. The molecule has 0 aliphatic heterocycles. The summed E-state index contributed by atoms with van der Waals surface area (Å²) in [5.41, 5.74) is 0.306. The summed E-state index contributed by atoms with van der Waals surface area (Å²) in [6, 6.07) is 2.11. The molecular formula is C18H23N3O5. The van der Waals surface area contributed by atoms with Gasteiger partial charge in [0, 0.05) is 5.69 Å². The molecule has 8 nitrogen and oxygen atoms in total. The Balaban J connectivity index is 2.01. The van der Waals surface area contributed by atoms with E-state index in [-0.39, 0.29) is 23.8 Å². The number of nitrogens with one attached hydrogen (secondary N) is 2. The highest BCUT2D eigenvalue weighted by Gasteiger charge is 2.43. The van der Waals surface area contributed by atoms with Gasteiger partial charge in [0.1, 0.15) is 11.2 Å². The average molecular weight is 361 g/mol. The third-order valence-corrected chi connectivity index (χ3v) is 4.48. The fourth-order valence-corrected chi connectivity index (χ4v) is 2.87. The van der Waals surface area contributed by atoms with Gasteiger partial charge in [-0.2, -0.15) is 5.26 Å². The van der Waals surface area contributed by atoms with Gasteiger partial charge in [-0.1, -0.05) is 0 Å². The Bertz CT molecular complexity index is 773. The van der Waals surface area contributed by atoms with Gasteiger partial charge in [-0.05, 0) is 52.0 Å². The Hall–Kier alpha value is -2.82. The number of carbonyl (C=O) groups is 3. The molecule has 2 N–H and O–H groups in total.